The van der Waals surface area contributed by atoms with Gasteiger partial charge in [-0.05, 0) is 30.7 Å². The van der Waals surface area contributed by atoms with E-state index in [0.29, 0.717) is 11.3 Å². The van der Waals surface area contributed by atoms with Crippen LogP contribution in [0.25, 0.3) is 10.9 Å². The van der Waals surface area contributed by atoms with Crippen LogP contribution in [-0.2, 0) is 17.9 Å². The summed E-state index contributed by atoms with van der Waals surface area (Å²) in [6.07, 6.45) is 1.72. The Hall–Kier alpha value is -2.57. The molecule has 8 heteroatoms. The van der Waals surface area contributed by atoms with E-state index in [1.165, 1.54) is 0 Å². The van der Waals surface area contributed by atoms with E-state index in [9.17, 15) is 9.59 Å². The molecule has 0 aliphatic carbocycles. The predicted octanol–water partition coefficient (Wildman–Crippen LogP) is 5.28. The molecule has 30 heavy (non-hydrogen) atoms. The maximum atomic E-state index is 13.0. The molecule has 0 fully saturated rings. The van der Waals surface area contributed by atoms with Crippen molar-refractivity contribution in [2.75, 3.05) is 5.32 Å². The lowest BCUT2D eigenvalue weighted by atomic mass is 9.95. The molecule has 0 saturated heterocycles. The number of fused-ring (bicyclic) bond motifs is 1. The molecule has 1 aromatic heterocycles. The number of carbonyl (C=O) groups is 2. The minimum absolute atomic E-state index is 0.112. The Labute approximate surface area is 185 Å². The van der Waals surface area contributed by atoms with Gasteiger partial charge < -0.3 is 10.6 Å². The highest BCUT2D eigenvalue weighted by atomic mass is 35.5. The van der Waals surface area contributed by atoms with E-state index in [4.69, 9.17) is 23.2 Å². The summed E-state index contributed by atoms with van der Waals surface area (Å²) in [7, 11) is 0. The van der Waals surface area contributed by atoms with Crippen LogP contribution in [0.1, 0.15) is 43.6 Å². The fraction of sp³-hybridized carbons (Fsp3) is 0.318. The highest BCUT2D eigenvalue weighted by Gasteiger charge is 2.23. The lowest BCUT2D eigenvalue weighted by molar-refractivity contribution is -0.128. The van der Waals surface area contributed by atoms with Gasteiger partial charge in [-0.2, -0.15) is 5.10 Å². The van der Waals surface area contributed by atoms with Crippen LogP contribution in [0.5, 0.6) is 0 Å². The third-order valence-electron chi connectivity index (χ3n) is 4.75. The molecule has 0 saturated carbocycles. The Morgan fingerprint density at radius 1 is 1.13 bits per heavy atom. The molecule has 0 spiro atoms. The van der Waals surface area contributed by atoms with E-state index in [-0.39, 0.29) is 28.1 Å². The average molecular weight is 447 g/mol. The topological polar surface area (TPSA) is 76.0 Å². The first-order chi connectivity index (χ1) is 14.1. The SMILES string of the molecule is CCn1ncc2c(NC(=O)c3c(Cl)ccc(CNC(=O)C(C)(C)C)c3Cl)cccc21. The summed E-state index contributed by atoms with van der Waals surface area (Å²) in [6.45, 7) is 8.40. The summed E-state index contributed by atoms with van der Waals surface area (Å²) in [5.41, 5.74) is 1.80. The number of hydrogen-bond donors (Lipinski definition) is 2. The van der Waals surface area contributed by atoms with Crippen LogP contribution in [0.3, 0.4) is 0 Å². The van der Waals surface area contributed by atoms with Gasteiger partial charge in [0.05, 0.1) is 33.0 Å². The van der Waals surface area contributed by atoms with Crippen LogP contribution in [-0.4, -0.2) is 21.6 Å². The molecule has 1 heterocycles. The second-order valence-electron chi connectivity index (χ2n) is 7.98. The highest BCUT2D eigenvalue weighted by Crippen LogP contribution is 2.31. The zero-order valence-corrected chi connectivity index (χ0v) is 18.9. The number of benzene rings is 2. The van der Waals surface area contributed by atoms with E-state index in [1.807, 2.05) is 44.5 Å². The monoisotopic (exact) mass is 446 g/mol. The number of nitrogens with zero attached hydrogens (tertiary/aromatic N) is 2. The summed E-state index contributed by atoms with van der Waals surface area (Å²) < 4.78 is 1.85. The molecule has 0 atom stereocenters. The van der Waals surface area contributed by atoms with Crippen molar-refractivity contribution in [1.82, 2.24) is 15.1 Å². The lowest BCUT2D eigenvalue weighted by Crippen LogP contribution is -2.34. The van der Waals surface area contributed by atoms with Gasteiger partial charge in [0.15, 0.2) is 0 Å². The molecule has 0 unspecified atom stereocenters. The molecular weight excluding hydrogens is 423 g/mol. The van der Waals surface area contributed by atoms with Crippen LogP contribution < -0.4 is 10.6 Å². The summed E-state index contributed by atoms with van der Waals surface area (Å²) >= 11 is 12.8. The number of amides is 2. The van der Waals surface area contributed by atoms with Crippen LogP contribution in [0.2, 0.25) is 10.0 Å². The Kier molecular flexibility index (Phi) is 6.38. The molecule has 3 rings (SSSR count). The van der Waals surface area contributed by atoms with Crippen molar-refractivity contribution in [3.05, 3.63) is 57.7 Å². The largest absolute Gasteiger partial charge is 0.352 e. The van der Waals surface area contributed by atoms with Gasteiger partial charge in [0.1, 0.15) is 0 Å². The van der Waals surface area contributed by atoms with Gasteiger partial charge in [-0.15, -0.1) is 0 Å². The molecule has 158 valence electrons. The third kappa shape index (κ3) is 4.45. The Balaban J connectivity index is 1.88. The number of carbonyl (C=O) groups excluding carboxylic acids is 2. The first kappa shape index (κ1) is 22.1. The van der Waals surface area contributed by atoms with Crippen molar-refractivity contribution in [2.24, 2.45) is 5.41 Å². The van der Waals surface area contributed by atoms with Crippen molar-refractivity contribution in [2.45, 2.75) is 40.8 Å². The molecule has 0 aliphatic heterocycles. The van der Waals surface area contributed by atoms with Crippen LogP contribution >= 0.6 is 23.2 Å². The third-order valence-corrected chi connectivity index (χ3v) is 5.50. The first-order valence-electron chi connectivity index (χ1n) is 9.64. The fourth-order valence-corrected chi connectivity index (χ4v) is 3.64. The van der Waals surface area contributed by atoms with Crippen LogP contribution in [0.4, 0.5) is 5.69 Å². The number of rotatable bonds is 5. The lowest BCUT2D eigenvalue weighted by Gasteiger charge is -2.18. The summed E-state index contributed by atoms with van der Waals surface area (Å²) in [5, 5.41) is 11.3. The maximum absolute atomic E-state index is 13.0. The molecule has 0 radical (unpaired) electrons. The molecule has 6 nitrogen and oxygen atoms in total. The van der Waals surface area contributed by atoms with E-state index in [1.54, 1.807) is 24.4 Å². The number of nitrogens with one attached hydrogen (secondary N) is 2. The van der Waals surface area contributed by atoms with Crippen molar-refractivity contribution in [3.63, 3.8) is 0 Å². The second kappa shape index (κ2) is 8.66. The first-order valence-corrected chi connectivity index (χ1v) is 10.4. The van der Waals surface area contributed by atoms with Crippen molar-refractivity contribution < 1.29 is 9.59 Å². The van der Waals surface area contributed by atoms with E-state index >= 15 is 0 Å². The van der Waals surface area contributed by atoms with Gasteiger partial charge in [0.25, 0.3) is 5.91 Å². The van der Waals surface area contributed by atoms with Gasteiger partial charge >= 0.3 is 0 Å². The number of hydrogen-bond acceptors (Lipinski definition) is 3. The molecule has 2 aromatic carbocycles. The van der Waals surface area contributed by atoms with Crippen molar-refractivity contribution in [1.29, 1.82) is 0 Å². The zero-order valence-electron chi connectivity index (χ0n) is 17.3. The standard InChI is InChI=1S/C22H24Cl2N4O2/c1-5-28-17-8-6-7-16(14(17)12-26-28)27-20(29)18-15(23)10-9-13(19(18)24)11-25-21(30)22(2,3)4/h6-10,12H,5,11H2,1-4H3,(H,25,30)(H,27,29). The Bertz CT molecular complexity index is 1120. The van der Waals surface area contributed by atoms with Crippen LogP contribution in [0, 0.1) is 5.41 Å². The molecular formula is C22H24Cl2N4O2. The van der Waals surface area contributed by atoms with Gasteiger partial charge in [-0.3, -0.25) is 14.3 Å². The molecule has 0 aliphatic rings. The quantitative estimate of drug-likeness (QED) is 0.559. The highest BCUT2D eigenvalue weighted by molar-refractivity contribution is 6.41. The van der Waals surface area contributed by atoms with E-state index < -0.39 is 11.3 Å². The smallest absolute Gasteiger partial charge is 0.258 e. The zero-order chi connectivity index (χ0) is 22.1. The average Bonchev–Trinajstić information content (AvgIpc) is 3.10. The number of aryl methyl sites for hydroxylation is 1. The number of aromatic nitrogens is 2. The predicted molar refractivity (Wildman–Crippen MR) is 121 cm³/mol. The van der Waals surface area contributed by atoms with E-state index in [0.717, 1.165) is 17.4 Å². The minimum Gasteiger partial charge on any atom is -0.352 e. The number of anilines is 1. The fourth-order valence-electron chi connectivity index (χ4n) is 3.03. The summed E-state index contributed by atoms with van der Waals surface area (Å²) in [6, 6.07) is 8.91. The van der Waals surface area contributed by atoms with E-state index in [2.05, 4.69) is 15.7 Å². The molecule has 2 N–H and O–H groups in total. The minimum atomic E-state index is -0.527. The summed E-state index contributed by atoms with van der Waals surface area (Å²) in [5.74, 6) is -0.537. The molecule has 0 bridgehead atoms. The van der Waals surface area contributed by atoms with Gasteiger partial charge in [-0.25, -0.2) is 0 Å². The Morgan fingerprint density at radius 3 is 2.53 bits per heavy atom. The van der Waals surface area contributed by atoms with Gasteiger partial charge in [0.2, 0.25) is 5.91 Å². The van der Waals surface area contributed by atoms with Crippen molar-refractivity contribution in [3.8, 4) is 0 Å². The molecule has 3 aromatic rings. The van der Waals surface area contributed by atoms with Crippen LogP contribution in [0.15, 0.2) is 36.5 Å². The molecule has 2 amide bonds. The second-order valence-corrected chi connectivity index (χ2v) is 8.77. The Morgan fingerprint density at radius 2 is 1.87 bits per heavy atom. The maximum Gasteiger partial charge on any atom is 0.258 e. The summed E-state index contributed by atoms with van der Waals surface area (Å²) in [4.78, 5) is 25.2. The normalized spacial score (nSPS) is 11.5. The number of halogens is 2. The van der Waals surface area contributed by atoms with Gasteiger partial charge in [-0.1, -0.05) is 56.1 Å². The van der Waals surface area contributed by atoms with Crippen molar-refractivity contribution >= 4 is 51.6 Å². The van der Waals surface area contributed by atoms with Gasteiger partial charge in [0, 0.05) is 23.9 Å².